The van der Waals surface area contributed by atoms with Crippen molar-refractivity contribution in [3.63, 3.8) is 0 Å². The van der Waals surface area contributed by atoms with Gasteiger partial charge in [0, 0.05) is 14.7 Å². The monoisotopic (exact) mass is 349 g/mol. The van der Waals surface area contributed by atoms with Crippen molar-refractivity contribution in [1.82, 2.24) is 0 Å². The van der Waals surface area contributed by atoms with E-state index in [9.17, 15) is 0 Å². The average molecular weight is 350 g/mol. The average Bonchev–Trinajstić information content (AvgIpc) is 2.93. The molecular formula is C16H16BrNOS. The molecule has 4 heteroatoms. The number of hydrogen-bond donors (Lipinski definition) is 1. The van der Waals surface area contributed by atoms with Crippen LogP contribution in [0.2, 0.25) is 0 Å². The lowest BCUT2D eigenvalue weighted by molar-refractivity contribution is 0.498. The maximum Gasteiger partial charge on any atom is 0.106 e. The molecule has 2 heterocycles. The normalized spacial score (nSPS) is 13.1. The second kappa shape index (κ2) is 5.02. The number of rotatable bonds is 2. The van der Waals surface area contributed by atoms with E-state index in [4.69, 9.17) is 10.2 Å². The molecule has 1 atom stereocenters. The predicted molar refractivity (Wildman–Crippen MR) is 88.5 cm³/mol. The number of benzene rings is 1. The zero-order valence-corrected chi connectivity index (χ0v) is 14.1. The van der Waals surface area contributed by atoms with Gasteiger partial charge >= 0.3 is 0 Å². The van der Waals surface area contributed by atoms with Crippen LogP contribution in [-0.4, -0.2) is 0 Å². The molecule has 1 unspecified atom stereocenters. The lowest BCUT2D eigenvalue weighted by atomic mass is 9.96. The Kier molecular flexibility index (Phi) is 3.48. The molecule has 1 aromatic carbocycles. The van der Waals surface area contributed by atoms with Crippen LogP contribution in [-0.2, 0) is 0 Å². The molecule has 20 heavy (non-hydrogen) atoms. The molecule has 0 aliphatic carbocycles. The van der Waals surface area contributed by atoms with E-state index in [1.54, 1.807) is 11.3 Å². The highest BCUT2D eigenvalue weighted by Gasteiger charge is 2.22. The zero-order valence-electron chi connectivity index (χ0n) is 11.7. The molecule has 0 saturated heterocycles. The Morgan fingerprint density at radius 2 is 1.95 bits per heavy atom. The van der Waals surface area contributed by atoms with Crippen LogP contribution < -0.4 is 5.73 Å². The molecule has 0 radical (unpaired) electrons. The first-order chi connectivity index (χ1) is 9.50. The summed E-state index contributed by atoms with van der Waals surface area (Å²) in [6.45, 7) is 6.05. The van der Waals surface area contributed by atoms with Gasteiger partial charge in [0.15, 0.2) is 0 Å². The SMILES string of the molecule is Cc1oc(C)c(C(N)c2csc3c(Br)cccc23)c1C. The van der Waals surface area contributed by atoms with Gasteiger partial charge in [-0.1, -0.05) is 12.1 Å². The van der Waals surface area contributed by atoms with E-state index >= 15 is 0 Å². The smallest absolute Gasteiger partial charge is 0.106 e. The third-order valence-electron chi connectivity index (χ3n) is 3.85. The molecule has 104 valence electrons. The van der Waals surface area contributed by atoms with Crippen LogP contribution in [0.25, 0.3) is 10.1 Å². The van der Waals surface area contributed by atoms with Crippen molar-refractivity contribution in [3.05, 3.63) is 56.3 Å². The first-order valence-corrected chi connectivity index (χ1v) is 8.15. The highest BCUT2D eigenvalue weighted by molar-refractivity contribution is 9.10. The van der Waals surface area contributed by atoms with Gasteiger partial charge in [-0.15, -0.1) is 11.3 Å². The van der Waals surface area contributed by atoms with E-state index in [-0.39, 0.29) is 6.04 Å². The number of furan rings is 1. The minimum atomic E-state index is -0.143. The largest absolute Gasteiger partial charge is 0.466 e. The molecule has 0 fully saturated rings. The van der Waals surface area contributed by atoms with Crippen molar-refractivity contribution in [2.24, 2.45) is 5.73 Å². The van der Waals surface area contributed by atoms with Crippen LogP contribution in [0, 0.1) is 20.8 Å². The molecular weight excluding hydrogens is 334 g/mol. The third kappa shape index (κ3) is 2.03. The molecule has 0 aliphatic heterocycles. The van der Waals surface area contributed by atoms with Crippen LogP contribution in [0.5, 0.6) is 0 Å². The molecule has 0 amide bonds. The van der Waals surface area contributed by atoms with Crippen molar-refractivity contribution in [3.8, 4) is 0 Å². The van der Waals surface area contributed by atoms with Crippen LogP contribution in [0.4, 0.5) is 0 Å². The van der Waals surface area contributed by atoms with Gasteiger partial charge in [-0.05, 0) is 64.7 Å². The standard InChI is InChI=1S/C16H16BrNOS/c1-8-9(2)19-10(3)14(8)15(18)12-7-20-16-11(12)5-4-6-13(16)17/h4-7,15H,18H2,1-3H3. The lowest BCUT2D eigenvalue weighted by Crippen LogP contribution is -2.12. The number of halogens is 1. The highest BCUT2D eigenvalue weighted by atomic mass is 79.9. The summed E-state index contributed by atoms with van der Waals surface area (Å²) in [4.78, 5) is 0. The highest BCUT2D eigenvalue weighted by Crippen LogP contribution is 2.38. The first-order valence-electron chi connectivity index (χ1n) is 6.48. The molecule has 0 bridgehead atoms. The summed E-state index contributed by atoms with van der Waals surface area (Å²) in [5.74, 6) is 1.87. The molecule has 3 aromatic rings. The van der Waals surface area contributed by atoms with Crippen LogP contribution >= 0.6 is 27.3 Å². The molecule has 0 aliphatic rings. The summed E-state index contributed by atoms with van der Waals surface area (Å²) in [6, 6.07) is 6.10. The minimum Gasteiger partial charge on any atom is -0.466 e. The summed E-state index contributed by atoms with van der Waals surface area (Å²) in [5.41, 5.74) is 9.96. The fourth-order valence-electron chi connectivity index (χ4n) is 2.71. The second-order valence-electron chi connectivity index (χ2n) is 5.04. The molecule has 0 spiro atoms. The van der Waals surface area contributed by atoms with Crippen LogP contribution in [0.1, 0.15) is 34.3 Å². The number of aryl methyl sites for hydroxylation is 2. The van der Waals surface area contributed by atoms with Gasteiger partial charge in [-0.3, -0.25) is 0 Å². The fourth-order valence-corrected chi connectivity index (χ4v) is 4.36. The summed E-state index contributed by atoms with van der Waals surface area (Å²) < 4.78 is 8.08. The van der Waals surface area contributed by atoms with E-state index in [2.05, 4.69) is 46.4 Å². The van der Waals surface area contributed by atoms with E-state index in [0.717, 1.165) is 27.1 Å². The van der Waals surface area contributed by atoms with E-state index in [1.807, 2.05) is 13.8 Å². The van der Waals surface area contributed by atoms with Crippen molar-refractivity contribution in [2.45, 2.75) is 26.8 Å². The molecule has 3 rings (SSSR count). The number of fused-ring (bicyclic) bond motifs is 1. The first kappa shape index (κ1) is 13.9. The van der Waals surface area contributed by atoms with Gasteiger partial charge in [-0.2, -0.15) is 0 Å². The van der Waals surface area contributed by atoms with Gasteiger partial charge in [0.25, 0.3) is 0 Å². The van der Waals surface area contributed by atoms with Crippen molar-refractivity contribution in [2.75, 3.05) is 0 Å². The van der Waals surface area contributed by atoms with Gasteiger partial charge in [-0.25, -0.2) is 0 Å². The number of nitrogens with two attached hydrogens (primary N) is 1. The van der Waals surface area contributed by atoms with Gasteiger partial charge in [0.2, 0.25) is 0 Å². The molecule has 2 aromatic heterocycles. The molecule has 2 nitrogen and oxygen atoms in total. The van der Waals surface area contributed by atoms with E-state index in [0.29, 0.717) is 0 Å². The Bertz CT molecular complexity index is 787. The Morgan fingerprint density at radius 1 is 1.20 bits per heavy atom. The quantitative estimate of drug-likeness (QED) is 0.687. The summed E-state index contributed by atoms with van der Waals surface area (Å²) >= 11 is 5.32. The van der Waals surface area contributed by atoms with E-state index < -0.39 is 0 Å². The molecule has 0 saturated carbocycles. The number of hydrogen-bond acceptors (Lipinski definition) is 3. The Morgan fingerprint density at radius 3 is 2.60 bits per heavy atom. The Labute approximate surface area is 130 Å². The molecule has 2 N–H and O–H groups in total. The van der Waals surface area contributed by atoms with Crippen LogP contribution in [0.3, 0.4) is 0 Å². The summed E-state index contributed by atoms with van der Waals surface area (Å²) in [5, 5.41) is 3.37. The van der Waals surface area contributed by atoms with Crippen molar-refractivity contribution >= 4 is 37.4 Å². The maximum absolute atomic E-state index is 6.52. The minimum absolute atomic E-state index is 0.143. The fraction of sp³-hybridized carbons (Fsp3) is 0.250. The third-order valence-corrected chi connectivity index (χ3v) is 5.82. The maximum atomic E-state index is 6.52. The van der Waals surface area contributed by atoms with Gasteiger partial charge in [0.05, 0.1) is 6.04 Å². The summed E-state index contributed by atoms with van der Waals surface area (Å²) in [7, 11) is 0. The van der Waals surface area contributed by atoms with Crippen molar-refractivity contribution < 1.29 is 4.42 Å². The topological polar surface area (TPSA) is 39.2 Å². The van der Waals surface area contributed by atoms with Gasteiger partial charge in [0.1, 0.15) is 11.5 Å². The summed E-state index contributed by atoms with van der Waals surface area (Å²) in [6.07, 6.45) is 0. The van der Waals surface area contributed by atoms with Crippen LogP contribution in [0.15, 0.2) is 32.5 Å². The zero-order chi connectivity index (χ0) is 14.4. The Hall–Kier alpha value is -1.10. The van der Waals surface area contributed by atoms with Gasteiger partial charge < -0.3 is 10.2 Å². The Balaban J connectivity index is 2.18. The second-order valence-corrected chi connectivity index (χ2v) is 6.77. The van der Waals surface area contributed by atoms with E-state index in [1.165, 1.54) is 15.6 Å². The number of thiophene rings is 1. The predicted octanol–water partition coefficient (Wildman–Crippen LogP) is 5.23. The van der Waals surface area contributed by atoms with Crippen molar-refractivity contribution in [1.29, 1.82) is 0 Å². The lowest BCUT2D eigenvalue weighted by Gasteiger charge is -2.12.